The van der Waals surface area contributed by atoms with Crippen LogP contribution in [0.5, 0.6) is 0 Å². The molecule has 5 nitrogen and oxygen atoms in total. The van der Waals surface area contributed by atoms with Gasteiger partial charge in [0, 0.05) is 39.3 Å². The molecule has 0 aliphatic carbocycles. The number of halogens is 2. The Hall–Kier alpha value is -2.76. The Balaban J connectivity index is 1.78. The molecule has 3 aromatic rings. The van der Waals surface area contributed by atoms with Crippen molar-refractivity contribution in [3.05, 3.63) is 75.5 Å². The Labute approximate surface area is 159 Å². The van der Waals surface area contributed by atoms with Crippen LogP contribution < -0.4 is 10.6 Å². The van der Waals surface area contributed by atoms with Crippen LogP contribution in [-0.4, -0.2) is 16.5 Å². The smallest absolute Gasteiger partial charge is 0.326 e. The molecule has 0 spiro atoms. The lowest BCUT2D eigenvalue weighted by Gasteiger charge is -2.08. The number of carbonyl (C=O) groups is 2. The van der Waals surface area contributed by atoms with Gasteiger partial charge in [-0.05, 0) is 29.8 Å². The second kappa shape index (κ2) is 6.52. The molecule has 1 saturated heterocycles. The first kappa shape index (κ1) is 16.7. The van der Waals surface area contributed by atoms with Gasteiger partial charge in [0.2, 0.25) is 0 Å². The van der Waals surface area contributed by atoms with Crippen LogP contribution in [0.3, 0.4) is 0 Å². The quantitative estimate of drug-likeness (QED) is 0.524. The zero-order valence-corrected chi connectivity index (χ0v) is 14.9. The minimum absolute atomic E-state index is 0.224. The number of rotatable bonds is 3. The summed E-state index contributed by atoms with van der Waals surface area (Å²) in [4.78, 5) is 23.1. The standard InChI is InChI=1S/C19H13Cl2N3O2/c20-13-6-5-11(15(21)8-13)9-24-10-12(14-3-1-2-4-17(14)24)7-16-18(25)23-19(26)22-16/h1-8,10H,9H2,(H2,22,23,25,26). The molecule has 0 unspecified atom stereocenters. The van der Waals surface area contributed by atoms with Crippen LogP contribution in [0.2, 0.25) is 10.0 Å². The molecular weight excluding hydrogens is 373 g/mol. The molecule has 0 radical (unpaired) electrons. The number of aromatic nitrogens is 1. The van der Waals surface area contributed by atoms with Crippen molar-refractivity contribution in [3.8, 4) is 0 Å². The van der Waals surface area contributed by atoms with Crippen molar-refractivity contribution >= 4 is 52.1 Å². The number of hydrogen-bond acceptors (Lipinski definition) is 2. The summed E-state index contributed by atoms with van der Waals surface area (Å²) in [5.74, 6) is -0.437. The highest BCUT2D eigenvalue weighted by Crippen LogP contribution is 2.27. The molecule has 3 amide bonds. The number of urea groups is 1. The number of benzene rings is 2. The maximum atomic E-state index is 11.8. The zero-order chi connectivity index (χ0) is 18.3. The van der Waals surface area contributed by atoms with Gasteiger partial charge in [0.15, 0.2) is 0 Å². The largest absolute Gasteiger partial charge is 0.342 e. The number of carbonyl (C=O) groups excluding carboxylic acids is 2. The van der Waals surface area contributed by atoms with Crippen molar-refractivity contribution in [2.45, 2.75) is 6.54 Å². The van der Waals surface area contributed by atoms with Crippen LogP contribution in [0.1, 0.15) is 11.1 Å². The van der Waals surface area contributed by atoms with Gasteiger partial charge >= 0.3 is 6.03 Å². The molecule has 0 atom stereocenters. The fraction of sp³-hybridized carbons (Fsp3) is 0.0526. The molecule has 2 aromatic carbocycles. The van der Waals surface area contributed by atoms with E-state index in [9.17, 15) is 9.59 Å². The first-order chi connectivity index (χ1) is 12.5. The first-order valence-electron chi connectivity index (χ1n) is 7.87. The van der Waals surface area contributed by atoms with Crippen molar-refractivity contribution in [2.75, 3.05) is 0 Å². The summed E-state index contributed by atoms with van der Waals surface area (Å²) >= 11 is 12.3. The summed E-state index contributed by atoms with van der Waals surface area (Å²) in [6.07, 6.45) is 3.60. The molecular formula is C19H13Cl2N3O2. The second-order valence-corrected chi connectivity index (χ2v) is 6.78. The van der Waals surface area contributed by atoms with Gasteiger partial charge in [0.25, 0.3) is 5.91 Å². The average Bonchev–Trinajstić information content (AvgIpc) is 3.11. The molecule has 2 N–H and O–H groups in total. The van der Waals surface area contributed by atoms with E-state index in [1.165, 1.54) is 0 Å². The summed E-state index contributed by atoms with van der Waals surface area (Å²) in [6, 6.07) is 12.7. The number of amides is 3. The minimum Gasteiger partial charge on any atom is -0.342 e. The van der Waals surface area contributed by atoms with Crippen LogP contribution >= 0.6 is 23.2 Å². The van der Waals surface area contributed by atoms with E-state index in [-0.39, 0.29) is 5.70 Å². The van der Waals surface area contributed by atoms with Gasteiger partial charge in [0.1, 0.15) is 5.70 Å². The van der Waals surface area contributed by atoms with Crippen molar-refractivity contribution in [2.24, 2.45) is 0 Å². The number of nitrogens with one attached hydrogen (secondary N) is 2. The monoisotopic (exact) mass is 385 g/mol. The Morgan fingerprint density at radius 1 is 1.04 bits per heavy atom. The first-order valence-corrected chi connectivity index (χ1v) is 8.63. The number of imide groups is 1. The van der Waals surface area contributed by atoms with Crippen LogP contribution in [0.15, 0.2) is 54.4 Å². The van der Waals surface area contributed by atoms with Gasteiger partial charge in [-0.2, -0.15) is 0 Å². The summed E-state index contributed by atoms with van der Waals surface area (Å²) in [5.41, 5.74) is 2.98. The summed E-state index contributed by atoms with van der Waals surface area (Å²) in [5, 5.41) is 6.86. The molecule has 130 valence electrons. The van der Waals surface area contributed by atoms with Gasteiger partial charge in [-0.15, -0.1) is 0 Å². The van der Waals surface area contributed by atoms with Crippen LogP contribution in [0.4, 0.5) is 4.79 Å². The SMILES string of the molecule is O=C1NC(=O)C(=Cc2cn(Cc3ccc(Cl)cc3Cl)c3ccccc23)N1. The number of para-hydroxylation sites is 1. The highest BCUT2D eigenvalue weighted by Gasteiger charge is 2.23. The highest BCUT2D eigenvalue weighted by atomic mass is 35.5. The fourth-order valence-electron chi connectivity index (χ4n) is 2.99. The van der Waals surface area contributed by atoms with Crippen molar-refractivity contribution in [1.29, 1.82) is 0 Å². The van der Waals surface area contributed by atoms with Gasteiger partial charge < -0.3 is 9.88 Å². The van der Waals surface area contributed by atoms with E-state index in [0.29, 0.717) is 16.6 Å². The Morgan fingerprint density at radius 2 is 1.85 bits per heavy atom. The maximum absolute atomic E-state index is 11.8. The van der Waals surface area contributed by atoms with Crippen molar-refractivity contribution < 1.29 is 9.59 Å². The third kappa shape index (κ3) is 3.07. The van der Waals surface area contributed by atoms with Gasteiger partial charge in [0.05, 0.1) is 0 Å². The van der Waals surface area contributed by atoms with Gasteiger partial charge in [-0.3, -0.25) is 10.1 Å². The third-order valence-corrected chi connectivity index (χ3v) is 4.78. The number of nitrogens with zero attached hydrogens (tertiary/aromatic N) is 1. The summed E-state index contributed by atoms with van der Waals surface area (Å²) in [6.45, 7) is 0.554. The summed E-state index contributed by atoms with van der Waals surface area (Å²) < 4.78 is 2.05. The second-order valence-electron chi connectivity index (χ2n) is 5.93. The van der Waals surface area contributed by atoms with E-state index in [1.807, 2.05) is 41.1 Å². The molecule has 1 aliphatic heterocycles. The van der Waals surface area contributed by atoms with Gasteiger partial charge in [-0.1, -0.05) is 47.5 Å². The lowest BCUT2D eigenvalue weighted by molar-refractivity contribution is -0.115. The van der Waals surface area contributed by atoms with Crippen LogP contribution in [0, 0.1) is 0 Å². The molecule has 4 rings (SSSR count). The molecule has 7 heteroatoms. The van der Waals surface area contributed by atoms with E-state index < -0.39 is 11.9 Å². The van der Waals surface area contributed by atoms with E-state index in [1.54, 1.807) is 18.2 Å². The average molecular weight is 386 g/mol. The molecule has 0 saturated carbocycles. The van der Waals surface area contributed by atoms with Crippen LogP contribution in [-0.2, 0) is 11.3 Å². The topological polar surface area (TPSA) is 63.1 Å². The molecule has 2 heterocycles. The minimum atomic E-state index is -0.516. The van der Waals surface area contributed by atoms with Gasteiger partial charge in [-0.25, -0.2) is 4.79 Å². The predicted octanol–water partition coefficient (Wildman–Crippen LogP) is 4.18. The normalized spacial score (nSPS) is 15.5. The van der Waals surface area contributed by atoms with E-state index in [0.717, 1.165) is 22.0 Å². The molecule has 26 heavy (non-hydrogen) atoms. The van der Waals surface area contributed by atoms with Crippen molar-refractivity contribution in [3.63, 3.8) is 0 Å². The Morgan fingerprint density at radius 3 is 2.58 bits per heavy atom. The Kier molecular flexibility index (Phi) is 4.18. The lowest BCUT2D eigenvalue weighted by atomic mass is 10.1. The molecule has 1 aromatic heterocycles. The Bertz CT molecular complexity index is 1090. The van der Waals surface area contributed by atoms with E-state index in [4.69, 9.17) is 23.2 Å². The molecule has 1 fully saturated rings. The fourth-order valence-corrected chi connectivity index (χ4v) is 3.46. The predicted molar refractivity (Wildman–Crippen MR) is 102 cm³/mol. The molecule has 0 bridgehead atoms. The number of fused-ring (bicyclic) bond motifs is 1. The molecule has 1 aliphatic rings. The zero-order valence-electron chi connectivity index (χ0n) is 13.4. The van der Waals surface area contributed by atoms with E-state index >= 15 is 0 Å². The summed E-state index contributed by atoms with van der Waals surface area (Å²) in [7, 11) is 0. The third-order valence-electron chi connectivity index (χ3n) is 4.19. The van der Waals surface area contributed by atoms with E-state index in [2.05, 4.69) is 10.6 Å². The highest BCUT2D eigenvalue weighted by molar-refractivity contribution is 6.35. The number of hydrogen-bond donors (Lipinski definition) is 2. The maximum Gasteiger partial charge on any atom is 0.326 e. The van der Waals surface area contributed by atoms with Crippen molar-refractivity contribution in [1.82, 2.24) is 15.2 Å². The van der Waals surface area contributed by atoms with Crippen LogP contribution in [0.25, 0.3) is 17.0 Å². The lowest BCUT2D eigenvalue weighted by Crippen LogP contribution is -2.22.